The van der Waals surface area contributed by atoms with E-state index in [9.17, 15) is 8.42 Å². The molecular weight excluding hydrogens is 304 g/mol. The lowest BCUT2D eigenvalue weighted by atomic mass is 10.0. The van der Waals surface area contributed by atoms with E-state index in [2.05, 4.69) is 15.9 Å². The summed E-state index contributed by atoms with van der Waals surface area (Å²) in [6.45, 7) is 3.84. The van der Waals surface area contributed by atoms with Gasteiger partial charge in [-0.3, -0.25) is 0 Å². The molecular formula is C12H17BrO3S. The van der Waals surface area contributed by atoms with Crippen LogP contribution in [0.2, 0.25) is 0 Å². The van der Waals surface area contributed by atoms with Crippen LogP contribution in [0.25, 0.3) is 0 Å². The third-order valence-electron chi connectivity index (χ3n) is 2.36. The zero-order valence-electron chi connectivity index (χ0n) is 10.2. The monoisotopic (exact) mass is 320 g/mol. The Labute approximate surface area is 111 Å². The van der Waals surface area contributed by atoms with E-state index in [1.807, 2.05) is 13.8 Å². The summed E-state index contributed by atoms with van der Waals surface area (Å²) in [7, 11) is -1.69. The fourth-order valence-electron chi connectivity index (χ4n) is 1.42. The highest BCUT2D eigenvalue weighted by atomic mass is 79.9. The van der Waals surface area contributed by atoms with E-state index in [4.69, 9.17) is 4.74 Å². The summed E-state index contributed by atoms with van der Waals surface area (Å²) in [5, 5.41) is 0.648. The molecule has 0 bridgehead atoms. The van der Waals surface area contributed by atoms with Crippen molar-refractivity contribution in [2.24, 2.45) is 5.41 Å². The zero-order valence-corrected chi connectivity index (χ0v) is 12.6. The molecule has 0 spiro atoms. The molecule has 0 amide bonds. The summed E-state index contributed by atoms with van der Waals surface area (Å²) in [5.41, 5.74) is -0.279. The fourth-order valence-corrected chi connectivity index (χ4v) is 3.73. The number of hydrogen-bond donors (Lipinski definition) is 0. The largest absolute Gasteiger partial charge is 0.497 e. The molecule has 0 N–H and O–H groups in total. The molecule has 0 radical (unpaired) electrons. The second-order valence-corrected chi connectivity index (χ2v) is 7.28. The molecule has 0 atom stereocenters. The molecule has 0 aliphatic rings. The average Bonchev–Trinajstić information content (AvgIpc) is 2.28. The molecule has 0 unspecified atom stereocenters. The Kier molecular flexibility index (Phi) is 4.61. The van der Waals surface area contributed by atoms with Crippen LogP contribution in [0, 0.1) is 5.41 Å². The van der Waals surface area contributed by atoms with Crippen molar-refractivity contribution in [2.75, 3.05) is 18.2 Å². The van der Waals surface area contributed by atoms with Crippen molar-refractivity contribution in [1.29, 1.82) is 0 Å². The first-order chi connectivity index (χ1) is 7.80. The molecule has 0 heterocycles. The van der Waals surface area contributed by atoms with Crippen LogP contribution in [0.5, 0.6) is 5.75 Å². The molecule has 96 valence electrons. The Bertz CT molecular complexity index is 463. The lowest BCUT2D eigenvalue weighted by Crippen LogP contribution is -2.25. The molecule has 1 aromatic carbocycles. The van der Waals surface area contributed by atoms with Gasteiger partial charge >= 0.3 is 0 Å². The van der Waals surface area contributed by atoms with E-state index in [1.165, 1.54) is 0 Å². The van der Waals surface area contributed by atoms with Crippen LogP contribution < -0.4 is 4.74 Å². The maximum atomic E-state index is 12.1. The summed E-state index contributed by atoms with van der Waals surface area (Å²) in [5.74, 6) is 0.779. The average molecular weight is 321 g/mol. The minimum atomic E-state index is -3.24. The Morgan fingerprint density at radius 3 is 2.18 bits per heavy atom. The van der Waals surface area contributed by atoms with E-state index in [0.29, 0.717) is 16.0 Å². The van der Waals surface area contributed by atoms with Gasteiger partial charge in [-0.15, -0.1) is 0 Å². The van der Waals surface area contributed by atoms with Gasteiger partial charge < -0.3 is 4.74 Å². The number of benzene rings is 1. The normalized spacial score (nSPS) is 12.5. The maximum Gasteiger partial charge on any atom is 0.178 e. The second kappa shape index (κ2) is 5.40. The molecule has 0 fully saturated rings. The molecule has 0 aromatic heterocycles. The van der Waals surface area contributed by atoms with Gasteiger partial charge in [-0.1, -0.05) is 29.8 Å². The predicted molar refractivity (Wildman–Crippen MR) is 72.6 cm³/mol. The van der Waals surface area contributed by atoms with E-state index in [0.717, 1.165) is 0 Å². The minimum Gasteiger partial charge on any atom is -0.497 e. The first-order valence-electron chi connectivity index (χ1n) is 5.23. The van der Waals surface area contributed by atoms with Crippen LogP contribution in [0.15, 0.2) is 29.2 Å². The van der Waals surface area contributed by atoms with Gasteiger partial charge in [-0.05, 0) is 29.7 Å². The van der Waals surface area contributed by atoms with Crippen LogP contribution in [0.1, 0.15) is 13.8 Å². The summed E-state index contributed by atoms with van der Waals surface area (Å²) in [6, 6.07) is 6.49. The molecule has 0 aliphatic carbocycles. The number of ether oxygens (including phenoxy) is 1. The third-order valence-corrected chi connectivity index (χ3v) is 6.03. The van der Waals surface area contributed by atoms with Crippen LogP contribution in [0.3, 0.4) is 0 Å². The van der Waals surface area contributed by atoms with Crippen molar-refractivity contribution in [3.05, 3.63) is 24.3 Å². The van der Waals surface area contributed by atoms with E-state index in [1.54, 1.807) is 31.4 Å². The summed E-state index contributed by atoms with van der Waals surface area (Å²) in [6.07, 6.45) is 0. The topological polar surface area (TPSA) is 43.4 Å². The molecule has 1 rings (SSSR count). The van der Waals surface area contributed by atoms with Gasteiger partial charge in [-0.25, -0.2) is 8.42 Å². The van der Waals surface area contributed by atoms with E-state index in [-0.39, 0.29) is 11.2 Å². The highest BCUT2D eigenvalue weighted by Gasteiger charge is 2.26. The first kappa shape index (κ1) is 14.5. The lowest BCUT2D eigenvalue weighted by Gasteiger charge is -2.21. The standard InChI is InChI=1S/C12H17BrO3S/c1-12(2,8-13)9-17(14,15)11-6-4-10(16-3)5-7-11/h4-7H,8-9H2,1-3H3. The maximum absolute atomic E-state index is 12.1. The van der Waals surface area contributed by atoms with Gasteiger partial charge in [0.1, 0.15) is 5.75 Å². The van der Waals surface area contributed by atoms with Gasteiger partial charge in [0.2, 0.25) is 0 Å². The lowest BCUT2D eigenvalue weighted by molar-refractivity contribution is 0.414. The number of hydrogen-bond acceptors (Lipinski definition) is 3. The van der Waals surface area contributed by atoms with Crippen molar-refractivity contribution in [2.45, 2.75) is 18.7 Å². The van der Waals surface area contributed by atoms with Crippen LogP contribution in [-0.2, 0) is 9.84 Å². The van der Waals surface area contributed by atoms with Gasteiger partial charge in [0, 0.05) is 5.33 Å². The van der Waals surface area contributed by atoms with Gasteiger partial charge in [0.15, 0.2) is 9.84 Å². The summed E-state index contributed by atoms with van der Waals surface area (Å²) < 4.78 is 29.3. The van der Waals surface area contributed by atoms with Gasteiger partial charge in [-0.2, -0.15) is 0 Å². The Hall–Kier alpha value is -0.550. The minimum absolute atomic E-state index is 0.123. The first-order valence-corrected chi connectivity index (χ1v) is 8.01. The number of rotatable bonds is 5. The van der Waals surface area contributed by atoms with Crippen molar-refractivity contribution >= 4 is 25.8 Å². The van der Waals surface area contributed by atoms with Crippen molar-refractivity contribution in [1.82, 2.24) is 0 Å². The second-order valence-electron chi connectivity index (χ2n) is 4.73. The quantitative estimate of drug-likeness (QED) is 0.783. The number of sulfone groups is 1. The molecule has 5 heteroatoms. The molecule has 0 saturated carbocycles. The number of halogens is 1. The number of alkyl halides is 1. The summed E-state index contributed by atoms with van der Waals surface area (Å²) in [4.78, 5) is 0.340. The molecule has 0 saturated heterocycles. The smallest absolute Gasteiger partial charge is 0.178 e. The summed E-state index contributed by atoms with van der Waals surface area (Å²) >= 11 is 3.33. The van der Waals surface area contributed by atoms with E-state index < -0.39 is 9.84 Å². The predicted octanol–water partition coefficient (Wildman–Crippen LogP) is 2.89. The number of methoxy groups -OCH3 is 1. The molecule has 3 nitrogen and oxygen atoms in total. The zero-order chi connectivity index (χ0) is 13.1. The highest BCUT2D eigenvalue weighted by molar-refractivity contribution is 9.09. The fraction of sp³-hybridized carbons (Fsp3) is 0.500. The van der Waals surface area contributed by atoms with Crippen molar-refractivity contribution in [3.63, 3.8) is 0 Å². The van der Waals surface area contributed by atoms with Gasteiger partial charge in [0.05, 0.1) is 17.8 Å². The van der Waals surface area contributed by atoms with Crippen LogP contribution >= 0.6 is 15.9 Å². The van der Waals surface area contributed by atoms with Crippen molar-refractivity contribution in [3.8, 4) is 5.75 Å². The van der Waals surface area contributed by atoms with E-state index >= 15 is 0 Å². The molecule has 0 aliphatic heterocycles. The van der Waals surface area contributed by atoms with Crippen LogP contribution in [0.4, 0.5) is 0 Å². The molecule has 17 heavy (non-hydrogen) atoms. The Morgan fingerprint density at radius 2 is 1.76 bits per heavy atom. The van der Waals surface area contributed by atoms with Crippen molar-refractivity contribution < 1.29 is 13.2 Å². The Morgan fingerprint density at radius 1 is 1.24 bits per heavy atom. The Balaban J connectivity index is 2.97. The highest BCUT2D eigenvalue weighted by Crippen LogP contribution is 2.25. The third kappa shape index (κ3) is 4.00. The van der Waals surface area contributed by atoms with Gasteiger partial charge in [0.25, 0.3) is 0 Å². The van der Waals surface area contributed by atoms with Crippen LogP contribution in [-0.4, -0.2) is 26.6 Å². The SMILES string of the molecule is COc1ccc(S(=O)(=O)CC(C)(C)CBr)cc1. The molecule has 1 aromatic rings.